The number of carbonyl (C=O) groups is 1. The number of hydrogen-bond acceptors (Lipinski definition) is 3. The summed E-state index contributed by atoms with van der Waals surface area (Å²) in [5.41, 5.74) is 1.32. The number of carbonyl (C=O) groups excluding carboxylic acids is 1. The van der Waals surface area contributed by atoms with E-state index in [4.69, 9.17) is 4.74 Å². The molecule has 110 valence electrons. The normalized spacial score (nSPS) is 17.6. The van der Waals surface area contributed by atoms with Gasteiger partial charge in [-0.3, -0.25) is 9.69 Å². The molecule has 20 heavy (non-hydrogen) atoms. The lowest BCUT2D eigenvalue weighted by Gasteiger charge is -2.26. The second-order valence-electron chi connectivity index (χ2n) is 5.38. The number of nitrogens with zero attached hydrogens (tertiary/aromatic N) is 1. The molecule has 1 amide bonds. The summed E-state index contributed by atoms with van der Waals surface area (Å²) in [5, 5.41) is 3.08. The predicted octanol–water partition coefficient (Wildman–Crippen LogP) is 1.46. The lowest BCUT2D eigenvalue weighted by molar-refractivity contribution is -0.123. The van der Waals surface area contributed by atoms with Gasteiger partial charge in [0.25, 0.3) is 0 Å². The molecule has 1 aliphatic heterocycles. The van der Waals surface area contributed by atoms with Gasteiger partial charge in [0, 0.05) is 19.1 Å². The molecule has 1 aromatic rings. The van der Waals surface area contributed by atoms with Gasteiger partial charge in [0.2, 0.25) is 5.91 Å². The minimum absolute atomic E-state index is 0.118. The van der Waals surface area contributed by atoms with E-state index < -0.39 is 0 Å². The first-order valence-corrected chi connectivity index (χ1v) is 7.37. The molecule has 1 aromatic carbocycles. The summed E-state index contributed by atoms with van der Waals surface area (Å²) in [4.78, 5) is 14.1. The molecule has 1 atom stereocenters. The van der Waals surface area contributed by atoms with E-state index in [2.05, 4.69) is 41.4 Å². The molecule has 1 fully saturated rings. The maximum atomic E-state index is 11.9. The van der Waals surface area contributed by atoms with E-state index in [0.717, 1.165) is 39.1 Å². The van der Waals surface area contributed by atoms with Crippen molar-refractivity contribution in [2.45, 2.75) is 25.8 Å². The predicted molar refractivity (Wildman–Crippen MR) is 79.6 cm³/mol. The van der Waals surface area contributed by atoms with Crippen LogP contribution in [0.5, 0.6) is 0 Å². The number of aryl methyl sites for hydroxylation is 1. The van der Waals surface area contributed by atoms with Gasteiger partial charge >= 0.3 is 0 Å². The molecule has 0 saturated carbocycles. The van der Waals surface area contributed by atoms with E-state index in [1.165, 1.54) is 5.56 Å². The molecular weight excluding hydrogens is 252 g/mol. The Bertz CT molecular complexity index is 402. The van der Waals surface area contributed by atoms with Crippen molar-refractivity contribution in [3.05, 3.63) is 35.9 Å². The Labute approximate surface area is 121 Å². The van der Waals surface area contributed by atoms with Crippen LogP contribution < -0.4 is 5.32 Å². The van der Waals surface area contributed by atoms with E-state index in [0.29, 0.717) is 6.54 Å². The van der Waals surface area contributed by atoms with Crippen LogP contribution in [0, 0.1) is 0 Å². The molecule has 1 saturated heterocycles. The van der Waals surface area contributed by atoms with E-state index in [1.807, 2.05) is 6.07 Å². The van der Waals surface area contributed by atoms with Gasteiger partial charge in [-0.05, 0) is 25.3 Å². The van der Waals surface area contributed by atoms with E-state index >= 15 is 0 Å². The Balaban J connectivity index is 1.65. The summed E-state index contributed by atoms with van der Waals surface area (Å²) in [5.74, 6) is 0.118. The highest BCUT2D eigenvalue weighted by Crippen LogP contribution is 2.05. The van der Waals surface area contributed by atoms with Gasteiger partial charge in [0.1, 0.15) is 0 Å². The van der Waals surface area contributed by atoms with Crippen LogP contribution in [0.3, 0.4) is 0 Å². The summed E-state index contributed by atoms with van der Waals surface area (Å²) in [7, 11) is 0. The summed E-state index contributed by atoms with van der Waals surface area (Å²) in [6, 6.07) is 10.6. The number of hydrogen-bond donors (Lipinski definition) is 1. The van der Waals surface area contributed by atoms with Crippen molar-refractivity contribution in [1.29, 1.82) is 0 Å². The van der Waals surface area contributed by atoms with Crippen LogP contribution in [0.2, 0.25) is 0 Å². The molecule has 1 aliphatic rings. The van der Waals surface area contributed by atoms with E-state index in [9.17, 15) is 4.79 Å². The number of morpholine rings is 1. The van der Waals surface area contributed by atoms with Crippen LogP contribution in [-0.2, 0) is 16.0 Å². The second kappa shape index (κ2) is 8.02. The van der Waals surface area contributed by atoms with Gasteiger partial charge in [-0.1, -0.05) is 30.3 Å². The molecule has 0 bridgehead atoms. The first-order valence-electron chi connectivity index (χ1n) is 7.37. The molecule has 2 rings (SSSR count). The third kappa shape index (κ3) is 5.31. The number of rotatable bonds is 6. The van der Waals surface area contributed by atoms with Gasteiger partial charge in [-0.2, -0.15) is 0 Å². The fourth-order valence-corrected chi connectivity index (χ4v) is 2.38. The first-order chi connectivity index (χ1) is 9.74. The molecule has 0 radical (unpaired) electrons. The van der Waals surface area contributed by atoms with Crippen molar-refractivity contribution in [1.82, 2.24) is 10.2 Å². The van der Waals surface area contributed by atoms with Gasteiger partial charge in [-0.25, -0.2) is 0 Å². The summed E-state index contributed by atoms with van der Waals surface area (Å²) < 4.78 is 5.28. The van der Waals surface area contributed by atoms with Crippen LogP contribution >= 0.6 is 0 Å². The largest absolute Gasteiger partial charge is 0.379 e. The zero-order valence-electron chi connectivity index (χ0n) is 12.2. The lowest BCUT2D eigenvalue weighted by atomic mass is 10.1. The molecule has 0 aromatic heterocycles. The van der Waals surface area contributed by atoms with Crippen LogP contribution in [0.15, 0.2) is 30.3 Å². The average Bonchev–Trinajstić information content (AvgIpc) is 2.47. The fourth-order valence-electron chi connectivity index (χ4n) is 2.38. The Kier molecular flexibility index (Phi) is 6.02. The Morgan fingerprint density at radius 3 is 2.70 bits per heavy atom. The highest BCUT2D eigenvalue weighted by molar-refractivity contribution is 5.78. The minimum Gasteiger partial charge on any atom is -0.379 e. The zero-order valence-corrected chi connectivity index (χ0v) is 12.2. The SMILES string of the molecule is C[C@H](CCc1ccccc1)NC(=O)CN1CCOCC1. The summed E-state index contributed by atoms with van der Waals surface area (Å²) in [6.45, 7) is 5.73. The summed E-state index contributed by atoms with van der Waals surface area (Å²) in [6.07, 6.45) is 1.97. The quantitative estimate of drug-likeness (QED) is 0.855. The van der Waals surface area contributed by atoms with Gasteiger partial charge in [0.05, 0.1) is 19.8 Å². The molecule has 1 N–H and O–H groups in total. The third-order valence-corrected chi connectivity index (χ3v) is 3.59. The van der Waals surface area contributed by atoms with Crippen molar-refractivity contribution in [2.75, 3.05) is 32.8 Å². The van der Waals surface area contributed by atoms with Gasteiger partial charge in [0.15, 0.2) is 0 Å². The van der Waals surface area contributed by atoms with Gasteiger partial charge in [-0.15, -0.1) is 0 Å². The standard InChI is InChI=1S/C16H24N2O2/c1-14(7-8-15-5-3-2-4-6-15)17-16(19)13-18-9-11-20-12-10-18/h2-6,14H,7-13H2,1H3,(H,17,19)/t14-/m1/s1. The highest BCUT2D eigenvalue weighted by atomic mass is 16.5. The van der Waals surface area contributed by atoms with Crippen molar-refractivity contribution in [2.24, 2.45) is 0 Å². The van der Waals surface area contributed by atoms with Gasteiger partial charge < -0.3 is 10.1 Å². The van der Waals surface area contributed by atoms with Crippen molar-refractivity contribution < 1.29 is 9.53 Å². The summed E-state index contributed by atoms with van der Waals surface area (Å²) >= 11 is 0. The minimum atomic E-state index is 0.118. The van der Waals surface area contributed by atoms with Crippen LogP contribution in [0.25, 0.3) is 0 Å². The number of ether oxygens (including phenoxy) is 1. The van der Waals surface area contributed by atoms with Crippen LogP contribution in [-0.4, -0.2) is 49.7 Å². The fraction of sp³-hybridized carbons (Fsp3) is 0.562. The molecular formula is C16H24N2O2. The van der Waals surface area contributed by atoms with Crippen molar-refractivity contribution in [3.63, 3.8) is 0 Å². The van der Waals surface area contributed by atoms with E-state index in [1.54, 1.807) is 0 Å². The Morgan fingerprint density at radius 2 is 2.00 bits per heavy atom. The van der Waals surface area contributed by atoms with Crippen LogP contribution in [0.4, 0.5) is 0 Å². The molecule has 0 spiro atoms. The lowest BCUT2D eigenvalue weighted by Crippen LogP contribution is -2.45. The molecule has 0 aliphatic carbocycles. The Hall–Kier alpha value is -1.39. The number of amides is 1. The molecule has 4 heteroatoms. The first kappa shape index (κ1) is 15.0. The van der Waals surface area contributed by atoms with Crippen molar-refractivity contribution in [3.8, 4) is 0 Å². The monoisotopic (exact) mass is 276 g/mol. The van der Waals surface area contributed by atoms with Crippen molar-refractivity contribution >= 4 is 5.91 Å². The Morgan fingerprint density at radius 1 is 1.30 bits per heavy atom. The number of benzene rings is 1. The number of nitrogens with one attached hydrogen (secondary N) is 1. The zero-order chi connectivity index (χ0) is 14.2. The molecule has 0 unspecified atom stereocenters. The maximum absolute atomic E-state index is 11.9. The molecule has 4 nitrogen and oxygen atoms in total. The topological polar surface area (TPSA) is 41.6 Å². The molecule has 1 heterocycles. The maximum Gasteiger partial charge on any atom is 0.234 e. The smallest absolute Gasteiger partial charge is 0.234 e. The average molecular weight is 276 g/mol. The van der Waals surface area contributed by atoms with Crippen LogP contribution in [0.1, 0.15) is 18.9 Å². The van der Waals surface area contributed by atoms with E-state index in [-0.39, 0.29) is 11.9 Å². The second-order valence-corrected chi connectivity index (χ2v) is 5.38. The third-order valence-electron chi connectivity index (χ3n) is 3.59. The highest BCUT2D eigenvalue weighted by Gasteiger charge is 2.15.